The molecule has 0 aliphatic heterocycles. The molecule has 6 atom stereocenters. The van der Waals surface area contributed by atoms with Crippen molar-refractivity contribution >= 4 is 5.78 Å². The van der Waals surface area contributed by atoms with Crippen molar-refractivity contribution in [1.82, 2.24) is 0 Å². The monoisotopic (exact) mass is 244 g/mol. The fourth-order valence-electron chi connectivity index (χ4n) is 5.76. The number of fused-ring (bicyclic) bond motifs is 5. The molecule has 0 heterocycles. The normalized spacial score (nSPS) is 50.6. The minimum atomic E-state index is 0.311. The van der Waals surface area contributed by atoms with E-state index in [9.17, 15) is 4.79 Å². The molecule has 1 heteroatoms. The SMILES string of the molecule is O=C1CC2C3CCCCC3CCC2C2CC=CC12. The van der Waals surface area contributed by atoms with Crippen LogP contribution in [0.4, 0.5) is 0 Å². The second kappa shape index (κ2) is 4.21. The van der Waals surface area contributed by atoms with Crippen LogP contribution in [0.15, 0.2) is 12.2 Å². The van der Waals surface area contributed by atoms with E-state index in [1.54, 1.807) is 0 Å². The topological polar surface area (TPSA) is 17.1 Å². The van der Waals surface area contributed by atoms with Crippen LogP contribution in [0.1, 0.15) is 51.4 Å². The summed E-state index contributed by atoms with van der Waals surface area (Å²) >= 11 is 0. The molecule has 0 aromatic heterocycles. The van der Waals surface area contributed by atoms with Crippen molar-refractivity contribution in [2.24, 2.45) is 35.5 Å². The van der Waals surface area contributed by atoms with Crippen molar-refractivity contribution < 1.29 is 4.79 Å². The summed E-state index contributed by atoms with van der Waals surface area (Å²) in [5.74, 6) is 5.09. The lowest BCUT2D eigenvalue weighted by Crippen LogP contribution is -2.46. The van der Waals surface area contributed by atoms with Gasteiger partial charge in [0.15, 0.2) is 0 Å². The highest BCUT2D eigenvalue weighted by Gasteiger charge is 2.50. The van der Waals surface area contributed by atoms with E-state index in [1.165, 1.54) is 44.9 Å². The third kappa shape index (κ3) is 1.55. The van der Waals surface area contributed by atoms with Crippen LogP contribution in [0.3, 0.4) is 0 Å². The molecule has 0 aromatic rings. The molecule has 0 N–H and O–H groups in total. The van der Waals surface area contributed by atoms with Crippen LogP contribution in [0.25, 0.3) is 0 Å². The molecular formula is C17H24O. The average Bonchev–Trinajstić information content (AvgIpc) is 2.89. The first-order valence-corrected chi connectivity index (χ1v) is 8.04. The van der Waals surface area contributed by atoms with Gasteiger partial charge in [-0.25, -0.2) is 0 Å². The summed E-state index contributed by atoms with van der Waals surface area (Å²) in [6.45, 7) is 0. The van der Waals surface area contributed by atoms with Crippen molar-refractivity contribution in [1.29, 1.82) is 0 Å². The van der Waals surface area contributed by atoms with E-state index in [0.717, 1.165) is 30.1 Å². The molecule has 1 nitrogen and oxygen atoms in total. The van der Waals surface area contributed by atoms with Crippen LogP contribution < -0.4 is 0 Å². The predicted octanol–water partition coefficient (Wildman–Crippen LogP) is 3.98. The van der Waals surface area contributed by atoms with Crippen molar-refractivity contribution in [2.75, 3.05) is 0 Å². The van der Waals surface area contributed by atoms with E-state index in [0.29, 0.717) is 17.6 Å². The van der Waals surface area contributed by atoms with E-state index in [1.807, 2.05) is 0 Å². The maximum Gasteiger partial charge on any atom is 0.140 e. The largest absolute Gasteiger partial charge is 0.299 e. The molecule has 98 valence electrons. The molecule has 4 aliphatic carbocycles. The van der Waals surface area contributed by atoms with Gasteiger partial charge in [0.05, 0.1) is 0 Å². The molecular weight excluding hydrogens is 220 g/mol. The van der Waals surface area contributed by atoms with Gasteiger partial charge in [0.25, 0.3) is 0 Å². The second-order valence-electron chi connectivity index (χ2n) is 7.14. The number of carbonyl (C=O) groups excluding carboxylic acids is 1. The fraction of sp³-hybridized carbons (Fsp3) is 0.824. The van der Waals surface area contributed by atoms with E-state index in [2.05, 4.69) is 12.2 Å². The third-order valence-electron chi connectivity index (χ3n) is 6.51. The first kappa shape index (κ1) is 11.3. The Bertz CT molecular complexity index is 383. The number of hydrogen-bond acceptors (Lipinski definition) is 1. The molecule has 0 bridgehead atoms. The van der Waals surface area contributed by atoms with Gasteiger partial charge in [0.2, 0.25) is 0 Å². The van der Waals surface area contributed by atoms with Crippen molar-refractivity contribution in [2.45, 2.75) is 51.4 Å². The summed E-state index contributed by atoms with van der Waals surface area (Å²) in [5.41, 5.74) is 0. The predicted molar refractivity (Wildman–Crippen MR) is 72.0 cm³/mol. The lowest BCUT2D eigenvalue weighted by molar-refractivity contribution is -0.132. The van der Waals surface area contributed by atoms with E-state index in [-0.39, 0.29) is 0 Å². The second-order valence-corrected chi connectivity index (χ2v) is 7.14. The van der Waals surface area contributed by atoms with Crippen molar-refractivity contribution in [3.8, 4) is 0 Å². The first-order chi connectivity index (χ1) is 8.84. The summed E-state index contributed by atoms with van der Waals surface area (Å²) in [4.78, 5) is 12.4. The van der Waals surface area contributed by atoms with Gasteiger partial charge >= 0.3 is 0 Å². The summed E-state index contributed by atoms with van der Waals surface area (Å²) in [7, 11) is 0. The lowest BCUT2D eigenvalue weighted by Gasteiger charge is -2.51. The van der Waals surface area contributed by atoms with Crippen LogP contribution >= 0.6 is 0 Å². The third-order valence-corrected chi connectivity index (χ3v) is 6.51. The average molecular weight is 244 g/mol. The molecule has 4 rings (SSSR count). The van der Waals surface area contributed by atoms with Gasteiger partial charge in [-0.2, -0.15) is 0 Å². The molecule has 0 aromatic carbocycles. The number of rotatable bonds is 0. The zero-order valence-corrected chi connectivity index (χ0v) is 11.2. The van der Waals surface area contributed by atoms with Crippen molar-refractivity contribution in [3.05, 3.63) is 12.2 Å². The van der Waals surface area contributed by atoms with Gasteiger partial charge in [-0.15, -0.1) is 0 Å². The summed E-state index contributed by atoms with van der Waals surface area (Å²) in [5, 5.41) is 0. The lowest BCUT2D eigenvalue weighted by atomic mass is 9.53. The van der Waals surface area contributed by atoms with Gasteiger partial charge < -0.3 is 0 Å². The van der Waals surface area contributed by atoms with E-state index < -0.39 is 0 Å². The van der Waals surface area contributed by atoms with E-state index >= 15 is 0 Å². The Hall–Kier alpha value is -0.590. The highest BCUT2D eigenvalue weighted by Crippen LogP contribution is 2.55. The van der Waals surface area contributed by atoms with Crippen LogP contribution in [0.2, 0.25) is 0 Å². The van der Waals surface area contributed by atoms with Gasteiger partial charge in [0, 0.05) is 12.3 Å². The molecule has 0 spiro atoms. The van der Waals surface area contributed by atoms with Crippen LogP contribution in [-0.4, -0.2) is 5.78 Å². The van der Waals surface area contributed by atoms with E-state index in [4.69, 9.17) is 0 Å². The summed E-state index contributed by atoms with van der Waals surface area (Å²) < 4.78 is 0. The zero-order valence-electron chi connectivity index (χ0n) is 11.2. The number of Topliss-reactive ketones (excluding diaryl/α,β-unsaturated/α-hetero) is 1. The molecule has 4 aliphatic rings. The standard InChI is InChI=1S/C17H24O/c18-17-10-16-12-5-2-1-4-11(12)8-9-14(16)13-6-3-7-15(13)17/h3,7,11-16H,1-2,4-6,8-10H2. The maximum atomic E-state index is 12.4. The highest BCUT2D eigenvalue weighted by molar-refractivity contribution is 5.84. The Kier molecular flexibility index (Phi) is 2.63. The molecule has 6 unspecified atom stereocenters. The first-order valence-electron chi connectivity index (χ1n) is 8.04. The molecule has 18 heavy (non-hydrogen) atoms. The fourth-order valence-corrected chi connectivity index (χ4v) is 5.76. The van der Waals surface area contributed by atoms with Crippen LogP contribution in [0, 0.1) is 35.5 Å². The molecule has 0 radical (unpaired) electrons. The highest BCUT2D eigenvalue weighted by atomic mass is 16.1. The zero-order chi connectivity index (χ0) is 12.1. The van der Waals surface area contributed by atoms with Gasteiger partial charge in [-0.05, 0) is 55.3 Å². The van der Waals surface area contributed by atoms with Crippen LogP contribution in [-0.2, 0) is 4.79 Å². The number of hydrogen-bond donors (Lipinski definition) is 0. The molecule has 3 fully saturated rings. The Balaban J connectivity index is 1.61. The number of carbonyl (C=O) groups is 1. The maximum absolute atomic E-state index is 12.4. The smallest absolute Gasteiger partial charge is 0.140 e. The minimum absolute atomic E-state index is 0.311. The molecule has 0 saturated heterocycles. The Labute approximate surface area is 110 Å². The minimum Gasteiger partial charge on any atom is -0.299 e. The quantitative estimate of drug-likeness (QED) is 0.589. The van der Waals surface area contributed by atoms with Crippen molar-refractivity contribution in [3.63, 3.8) is 0 Å². The Morgan fingerprint density at radius 2 is 1.78 bits per heavy atom. The van der Waals surface area contributed by atoms with Gasteiger partial charge in [0.1, 0.15) is 5.78 Å². The van der Waals surface area contributed by atoms with Gasteiger partial charge in [-0.3, -0.25) is 4.79 Å². The Morgan fingerprint density at radius 1 is 0.889 bits per heavy atom. The molecule has 0 amide bonds. The summed E-state index contributed by atoms with van der Waals surface area (Å²) in [6.07, 6.45) is 15.2. The Morgan fingerprint density at radius 3 is 2.72 bits per heavy atom. The number of ketones is 1. The van der Waals surface area contributed by atoms with Gasteiger partial charge in [-0.1, -0.05) is 31.4 Å². The molecule has 3 saturated carbocycles. The summed E-state index contributed by atoms with van der Waals surface area (Å²) in [6, 6.07) is 0. The van der Waals surface area contributed by atoms with Crippen LogP contribution in [0.5, 0.6) is 0 Å². The number of allylic oxidation sites excluding steroid dienone is 2.